The number of carboxylic acid groups (broad SMARTS) is 1. The molecule has 5 unspecified atom stereocenters. The van der Waals surface area contributed by atoms with Crippen LogP contribution in [-0.2, 0) is 25.6 Å². The van der Waals surface area contributed by atoms with Gasteiger partial charge in [-0.25, -0.2) is 9.78 Å². The number of amides is 3. The van der Waals surface area contributed by atoms with Crippen molar-refractivity contribution in [2.24, 2.45) is 5.73 Å². The second-order valence-electron chi connectivity index (χ2n) is 6.40. The van der Waals surface area contributed by atoms with Crippen LogP contribution in [0.1, 0.15) is 19.5 Å². The van der Waals surface area contributed by atoms with E-state index in [2.05, 4.69) is 25.9 Å². The number of rotatable bonds is 11. The van der Waals surface area contributed by atoms with Gasteiger partial charge in [-0.1, -0.05) is 0 Å². The number of hydrogen-bond acceptors (Lipinski definition) is 8. The predicted octanol–water partition coefficient (Wildman–Crippen LogP) is -3.79. The Labute approximate surface area is 166 Å². The number of carboxylic acids is 1. The summed E-state index contributed by atoms with van der Waals surface area (Å²) in [4.78, 5) is 54.4. The van der Waals surface area contributed by atoms with Gasteiger partial charge < -0.3 is 42.0 Å². The quantitative estimate of drug-likeness (QED) is 0.178. The fourth-order valence-electron chi connectivity index (χ4n) is 2.37. The van der Waals surface area contributed by atoms with Crippen molar-refractivity contribution in [2.45, 2.75) is 50.6 Å². The van der Waals surface area contributed by atoms with E-state index < -0.39 is 54.0 Å². The summed E-state index contributed by atoms with van der Waals surface area (Å²) < 4.78 is 0. The van der Waals surface area contributed by atoms with Gasteiger partial charge in [-0.3, -0.25) is 14.4 Å². The Morgan fingerprint density at radius 1 is 1.07 bits per heavy atom. The highest BCUT2D eigenvalue weighted by atomic mass is 16.4. The van der Waals surface area contributed by atoms with Crippen molar-refractivity contribution >= 4 is 23.7 Å². The van der Waals surface area contributed by atoms with Crippen LogP contribution < -0.4 is 21.7 Å². The van der Waals surface area contributed by atoms with E-state index in [1.54, 1.807) is 0 Å². The molecule has 9 N–H and O–H groups in total. The van der Waals surface area contributed by atoms with Crippen LogP contribution in [0.2, 0.25) is 0 Å². The molecule has 1 heterocycles. The van der Waals surface area contributed by atoms with Gasteiger partial charge in [0.1, 0.15) is 12.1 Å². The van der Waals surface area contributed by atoms with Gasteiger partial charge in [0.05, 0.1) is 25.1 Å². The van der Waals surface area contributed by atoms with Gasteiger partial charge >= 0.3 is 5.97 Å². The Morgan fingerprint density at radius 3 is 2.10 bits per heavy atom. The molecule has 0 spiro atoms. The summed E-state index contributed by atoms with van der Waals surface area (Å²) in [6.45, 7) is 2.00. The molecule has 162 valence electrons. The number of nitrogens with two attached hydrogens (primary N) is 1. The molecule has 0 radical (unpaired) electrons. The minimum atomic E-state index is -1.64. The SMILES string of the molecule is CC(O)C(NC(=O)C(NC(=O)C(Cc1cnc[nH]1)NC(=O)CN)C(C)O)C(=O)O. The maximum absolute atomic E-state index is 12.6. The third kappa shape index (κ3) is 7.48. The molecule has 13 heteroatoms. The number of H-pyrrole nitrogens is 1. The number of aliphatic carboxylic acids is 1. The largest absolute Gasteiger partial charge is 0.480 e. The number of imidazole rings is 1. The lowest BCUT2D eigenvalue weighted by Gasteiger charge is -2.26. The van der Waals surface area contributed by atoms with E-state index in [0.29, 0.717) is 5.69 Å². The van der Waals surface area contributed by atoms with Crippen LogP contribution in [0.15, 0.2) is 12.5 Å². The Kier molecular flexibility index (Phi) is 9.18. The number of carbonyl (C=O) groups is 4. The second-order valence-corrected chi connectivity index (χ2v) is 6.40. The first-order valence-corrected chi connectivity index (χ1v) is 8.73. The van der Waals surface area contributed by atoms with Crippen LogP contribution in [0.5, 0.6) is 0 Å². The molecule has 0 aliphatic heterocycles. The molecule has 0 saturated heterocycles. The maximum Gasteiger partial charge on any atom is 0.328 e. The third-order valence-electron chi connectivity index (χ3n) is 3.92. The summed E-state index contributed by atoms with van der Waals surface area (Å²) in [5.41, 5.74) is 5.77. The van der Waals surface area contributed by atoms with Crippen molar-refractivity contribution in [2.75, 3.05) is 6.54 Å². The minimum absolute atomic E-state index is 0.00283. The van der Waals surface area contributed by atoms with Gasteiger partial charge in [0, 0.05) is 18.3 Å². The zero-order valence-electron chi connectivity index (χ0n) is 16.0. The normalized spacial score (nSPS) is 16.0. The number of aromatic nitrogens is 2. The highest BCUT2D eigenvalue weighted by molar-refractivity contribution is 5.94. The number of aromatic amines is 1. The van der Waals surface area contributed by atoms with E-state index in [1.807, 2.05) is 0 Å². The molecule has 0 aliphatic rings. The molecule has 5 atom stereocenters. The van der Waals surface area contributed by atoms with Crippen LogP contribution in [-0.4, -0.2) is 85.9 Å². The Bertz CT molecular complexity index is 707. The molecule has 1 rings (SSSR count). The molecule has 0 bridgehead atoms. The fraction of sp³-hybridized carbons (Fsp3) is 0.562. The molecular formula is C16H26N6O7. The summed E-state index contributed by atoms with van der Waals surface area (Å²) in [6.07, 6.45) is -0.00654. The molecule has 29 heavy (non-hydrogen) atoms. The van der Waals surface area contributed by atoms with Crippen molar-refractivity contribution in [3.05, 3.63) is 18.2 Å². The van der Waals surface area contributed by atoms with E-state index in [0.717, 1.165) is 6.92 Å². The number of hydrogen-bond donors (Lipinski definition) is 8. The highest BCUT2D eigenvalue weighted by Gasteiger charge is 2.33. The maximum atomic E-state index is 12.6. The van der Waals surface area contributed by atoms with Crippen molar-refractivity contribution < 1.29 is 34.5 Å². The summed E-state index contributed by atoms with van der Waals surface area (Å²) >= 11 is 0. The first-order valence-electron chi connectivity index (χ1n) is 8.73. The lowest BCUT2D eigenvalue weighted by Crippen LogP contribution is -2.60. The van der Waals surface area contributed by atoms with Gasteiger partial charge in [0.15, 0.2) is 6.04 Å². The Hall–Kier alpha value is -3.03. The molecule has 0 aromatic carbocycles. The number of carbonyl (C=O) groups excluding carboxylic acids is 3. The summed E-state index contributed by atoms with van der Waals surface area (Å²) in [7, 11) is 0. The predicted molar refractivity (Wildman–Crippen MR) is 98.1 cm³/mol. The summed E-state index contributed by atoms with van der Waals surface area (Å²) in [6, 6.07) is -4.33. The molecule has 0 aliphatic carbocycles. The summed E-state index contributed by atoms with van der Waals surface area (Å²) in [5.74, 6) is -3.95. The third-order valence-corrected chi connectivity index (χ3v) is 3.92. The van der Waals surface area contributed by atoms with Crippen molar-refractivity contribution in [3.8, 4) is 0 Å². The van der Waals surface area contributed by atoms with Gasteiger partial charge in [-0.15, -0.1) is 0 Å². The Morgan fingerprint density at radius 2 is 1.66 bits per heavy atom. The number of nitrogens with one attached hydrogen (secondary N) is 4. The molecule has 13 nitrogen and oxygen atoms in total. The van der Waals surface area contributed by atoms with E-state index in [1.165, 1.54) is 19.4 Å². The lowest BCUT2D eigenvalue weighted by molar-refractivity contribution is -0.146. The number of aliphatic hydroxyl groups is 2. The van der Waals surface area contributed by atoms with E-state index in [9.17, 15) is 29.4 Å². The first kappa shape index (κ1) is 24.0. The van der Waals surface area contributed by atoms with Gasteiger partial charge in [-0.05, 0) is 13.8 Å². The first-order chi connectivity index (χ1) is 13.6. The van der Waals surface area contributed by atoms with Gasteiger partial charge in [0.2, 0.25) is 17.7 Å². The standard InChI is InChI=1S/C16H26N6O7/c1-7(23)12(15(27)22-13(8(2)24)16(28)29)21-14(26)10(20-11(25)4-17)3-9-5-18-6-19-9/h5-8,10,12-13,23-24H,3-4,17H2,1-2H3,(H,18,19)(H,20,25)(H,21,26)(H,22,27)(H,28,29). The monoisotopic (exact) mass is 414 g/mol. The Balaban J connectivity index is 2.94. The van der Waals surface area contributed by atoms with E-state index >= 15 is 0 Å². The molecule has 1 aromatic heterocycles. The van der Waals surface area contributed by atoms with Crippen molar-refractivity contribution in [1.82, 2.24) is 25.9 Å². The number of nitrogens with zero attached hydrogens (tertiary/aromatic N) is 1. The average molecular weight is 414 g/mol. The molecule has 1 aromatic rings. The van der Waals surface area contributed by atoms with Crippen molar-refractivity contribution in [1.29, 1.82) is 0 Å². The summed E-state index contributed by atoms with van der Waals surface area (Å²) in [5, 5.41) is 35.1. The zero-order chi connectivity index (χ0) is 22.1. The lowest BCUT2D eigenvalue weighted by atomic mass is 10.1. The van der Waals surface area contributed by atoms with Crippen LogP contribution in [0.3, 0.4) is 0 Å². The second kappa shape index (κ2) is 11.1. The molecule has 0 fully saturated rings. The van der Waals surface area contributed by atoms with Crippen molar-refractivity contribution in [3.63, 3.8) is 0 Å². The fourth-order valence-corrected chi connectivity index (χ4v) is 2.37. The smallest absolute Gasteiger partial charge is 0.328 e. The van der Waals surface area contributed by atoms with E-state index in [-0.39, 0.29) is 13.0 Å². The number of aliphatic hydroxyl groups excluding tert-OH is 2. The molecular weight excluding hydrogens is 388 g/mol. The molecule has 3 amide bonds. The van der Waals surface area contributed by atoms with Crippen LogP contribution in [0, 0.1) is 0 Å². The highest BCUT2D eigenvalue weighted by Crippen LogP contribution is 2.03. The topological polar surface area (TPSA) is 220 Å². The van der Waals surface area contributed by atoms with Gasteiger partial charge in [-0.2, -0.15) is 0 Å². The van der Waals surface area contributed by atoms with Crippen LogP contribution in [0.4, 0.5) is 0 Å². The van der Waals surface area contributed by atoms with Crippen LogP contribution in [0.25, 0.3) is 0 Å². The molecule has 0 saturated carbocycles. The van der Waals surface area contributed by atoms with E-state index in [4.69, 9.17) is 10.8 Å². The average Bonchev–Trinajstić information content (AvgIpc) is 3.15. The van der Waals surface area contributed by atoms with Gasteiger partial charge in [0.25, 0.3) is 0 Å². The minimum Gasteiger partial charge on any atom is -0.480 e. The van der Waals surface area contributed by atoms with Crippen LogP contribution >= 0.6 is 0 Å². The zero-order valence-corrected chi connectivity index (χ0v) is 16.0.